The molecule has 0 heterocycles. The molecule has 2 nitrogen and oxygen atoms in total. The first-order chi connectivity index (χ1) is 3.22. The molecule has 0 bridgehead atoms. The summed E-state index contributed by atoms with van der Waals surface area (Å²) in [6.45, 7) is 1.79. The van der Waals surface area contributed by atoms with E-state index in [9.17, 15) is 0 Å². The Balaban J connectivity index is 0.000000490. The number of halogens is 1. The van der Waals surface area contributed by atoms with Crippen LogP contribution in [0.2, 0.25) is 0 Å². The Kier molecular flexibility index (Phi) is 2.74. The van der Waals surface area contributed by atoms with Gasteiger partial charge >= 0.3 is 0 Å². The second kappa shape index (κ2) is 2.67. The van der Waals surface area contributed by atoms with E-state index in [2.05, 4.69) is 0 Å². The Morgan fingerprint density at radius 2 is 2.12 bits per heavy atom. The summed E-state index contributed by atoms with van der Waals surface area (Å²) in [6.07, 6.45) is 0.826. The first kappa shape index (κ1) is 8.21. The molecule has 0 aromatic rings. The second-order valence-corrected chi connectivity index (χ2v) is 2.30. The zero-order valence-corrected chi connectivity index (χ0v) is 5.69. The molecule has 50 valence electrons. The van der Waals surface area contributed by atoms with Gasteiger partial charge in [0, 0.05) is 12.0 Å². The Morgan fingerprint density at radius 1 is 1.75 bits per heavy atom. The lowest BCUT2D eigenvalue weighted by molar-refractivity contribution is 0.169. The standard InChI is InChI=1S/C5H11NO.ClH/c1-3(7)4-2-5(4)6;/h3-5,7H,2,6H2,1H3;1H/t3?,4?,5-;/m0./s1. The molecular weight excluding hydrogens is 126 g/mol. The average Bonchev–Trinajstić information content (AvgIpc) is 2.17. The number of aliphatic hydroxyl groups is 1. The van der Waals surface area contributed by atoms with E-state index in [1.54, 1.807) is 6.92 Å². The van der Waals surface area contributed by atoms with Gasteiger partial charge in [0.05, 0.1) is 6.10 Å². The third kappa shape index (κ3) is 1.62. The van der Waals surface area contributed by atoms with E-state index in [1.807, 2.05) is 0 Å². The molecule has 2 unspecified atom stereocenters. The van der Waals surface area contributed by atoms with Gasteiger partial charge in [0.1, 0.15) is 0 Å². The number of rotatable bonds is 1. The Labute approximate surface area is 55.5 Å². The molecule has 0 radical (unpaired) electrons. The van der Waals surface area contributed by atoms with Crippen molar-refractivity contribution in [3.05, 3.63) is 0 Å². The smallest absolute Gasteiger partial charge is 0.0555 e. The van der Waals surface area contributed by atoms with E-state index in [0.29, 0.717) is 12.0 Å². The highest BCUT2D eigenvalue weighted by Crippen LogP contribution is 2.30. The van der Waals surface area contributed by atoms with Crippen molar-refractivity contribution in [3.63, 3.8) is 0 Å². The lowest BCUT2D eigenvalue weighted by Crippen LogP contribution is -2.11. The highest BCUT2D eigenvalue weighted by atomic mass is 35.5. The van der Waals surface area contributed by atoms with Crippen molar-refractivity contribution in [2.75, 3.05) is 0 Å². The number of hydrogen-bond acceptors (Lipinski definition) is 2. The van der Waals surface area contributed by atoms with Gasteiger partial charge in [-0.3, -0.25) is 0 Å². The minimum atomic E-state index is -0.185. The van der Waals surface area contributed by atoms with Crippen LogP contribution in [0.4, 0.5) is 0 Å². The predicted molar refractivity (Wildman–Crippen MR) is 35.0 cm³/mol. The third-order valence-corrected chi connectivity index (χ3v) is 1.51. The summed E-state index contributed by atoms with van der Waals surface area (Å²) in [5.41, 5.74) is 5.41. The summed E-state index contributed by atoms with van der Waals surface area (Å²) in [4.78, 5) is 0. The van der Waals surface area contributed by atoms with Crippen LogP contribution in [0.25, 0.3) is 0 Å². The van der Waals surface area contributed by atoms with Crippen LogP contribution in [-0.2, 0) is 0 Å². The van der Waals surface area contributed by atoms with Crippen molar-refractivity contribution < 1.29 is 5.11 Å². The summed E-state index contributed by atoms with van der Waals surface area (Å²) in [6, 6.07) is 0.292. The highest BCUT2D eigenvalue weighted by Gasteiger charge is 2.36. The summed E-state index contributed by atoms with van der Waals surface area (Å²) < 4.78 is 0. The molecule has 0 aromatic carbocycles. The molecule has 1 aliphatic rings. The molecule has 0 aliphatic heterocycles. The predicted octanol–water partition coefficient (Wildman–Crippen LogP) is 0.136. The number of nitrogens with two attached hydrogens (primary N) is 1. The van der Waals surface area contributed by atoms with Gasteiger partial charge in [-0.25, -0.2) is 0 Å². The fourth-order valence-corrected chi connectivity index (χ4v) is 0.790. The van der Waals surface area contributed by atoms with Gasteiger partial charge in [-0.2, -0.15) is 0 Å². The van der Waals surface area contributed by atoms with E-state index < -0.39 is 0 Å². The topological polar surface area (TPSA) is 46.2 Å². The van der Waals surface area contributed by atoms with E-state index in [-0.39, 0.29) is 18.5 Å². The van der Waals surface area contributed by atoms with Crippen LogP contribution in [-0.4, -0.2) is 17.3 Å². The molecule has 0 spiro atoms. The fraction of sp³-hybridized carbons (Fsp3) is 1.00. The van der Waals surface area contributed by atoms with E-state index in [1.165, 1.54) is 0 Å². The SMILES string of the molecule is CC(O)C1C[C@@H]1N.Cl. The second-order valence-electron chi connectivity index (χ2n) is 2.30. The van der Waals surface area contributed by atoms with E-state index in [0.717, 1.165) is 6.42 Å². The van der Waals surface area contributed by atoms with Crippen LogP contribution in [0.1, 0.15) is 13.3 Å². The van der Waals surface area contributed by atoms with Crippen LogP contribution in [0.5, 0.6) is 0 Å². The molecule has 3 N–H and O–H groups in total. The molecule has 0 saturated heterocycles. The quantitative estimate of drug-likeness (QED) is 0.540. The van der Waals surface area contributed by atoms with Crippen LogP contribution in [0, 0.1) is 5.92 Å². The molecule has 8 heavy (non-hydrogen) atoms. The molecular formula is C5H12ClNO. The maximum atomic E-state index is 8.78. The van der Waals surface area contributed by atoms with Crippen LogP contribution < -0.4 is 5.73 Å². The lowest BCUT2D eigenvalue weighted by atomic mass is 10.3. The molecule has 0 amide bonds. The van der Waals surface area contributed by atoms with Gasteiger partial charge in [-0.15, -0.1) is 12.4 Å². The summed E-state index contributed by atoms with van der Waals surface area (Å²) in [7, 11) is 0. The number of hydrogen-bond donors (Lipinski definition) is 2. The van der Waals surface area contributed by atoms with Crippen molar-refractivity contribution in [1.82, 2.24) is 0 Å². The minimum absolute atomic E-state index is 0. The van der Waals surface area contributed by atoms with Gasteiger partial charge in [0.15, 0.2) is 0 Å². The summed E-state index contributed by atoms with van der Waals surface area (Å²) in [5.74, 6) is 0.403. The first-order valence-electron chi connectivity index (χ1n) is 2.65. The Hall–Kier alpha value is 0.210. The van der Waals surface area contributed by atoms with Gasteiger partial charge in [0.25, 0.3) is 0 Å². The number of aliphatic hydroxyl groups excluding tert-OH is 1. The monoisotopic (exact) mass is 137 g/mol. The summed E-state index contributed by atoms with van der Waals surface area (Å²) >= 11 is 0. The molecule has 0 aromatic heterocycles. The van der Waals surface area contributed by atoms with Crippen molar-refractivity contribution in [3.8, 4) is 0 Å². The summed E-state index contributed by atoms with van der Waals surface area (Å²) in [5, 5.41) is 8.78. The van der Waals surface area contributed by atoms with E-state index >= 15 is 0 Å². The third-order valence-electron chi connectivity index (χ3n) is 1.51. The fourth-order valence-electron chi connectivity index (χ4n) is 0.790. The average molecular weight is 138 g/mol. The van der Waals surface area contributed by atoms with Crippen molar-refractivity contribution in [2.45, 2.75) is 25.5 Å². The molecule has 1 aliphatic carbocycles. The van der Waals surface area contributed by atoms with Crippen molar-refractivity contribution in [1.29, 1.82) is 0 Å². The zero-order valence-electron chi connectivity index (χ0n) is 4.87. The maximum Gasteiger partial charge on any atom is 0.0555 e. The largest absolute Gasteiger partial charge is 0.393 e. The lowest BCUT2D eigenvalue weighted by Gasteiger charge is -1.96. The van der Waals surface area contributed by atoms with Gasteiger partial charge in [-0.1, -0.05) is 0 Å². The first-order valence-corrected chi connectivity index (χ1v) is 2.65. The molecule has 1 fully saturated rings. The molecule has 3 atom stereocenters. The van der Waals surface area contributed by atoms with Crippen LogP contribution in [0.3, 0.4) is 0 Å². The zero-order chi connectivity index (χ0) is 5.44. The molecule has 3 heteroatoms. The Bertz CT molecular complexity index is 76.8. The van der Waals surface area contributed by atoms with Gasteiger partial charge in [0.2, 0.25) is 0 Å². The maximum absolute atomic E-state index is 8.78. The van der Waals surface area contributed by atoms with Crippen molar-refractivity contribution >= 4 is 12.4 Å². The van der Waals surface area contributed by atoms with E-state index in [4.69, 9.17) is 10.8 Å². The van der Waals surface area contributed by atoms with Gasteiger partial charge in [-0.05, 0) is 13.3 Å². The van der Waals surface area contributed by atoms with Crippen LogP contribution >= 0.6 is 12.4 Å². The normalized spacial score (nSPS) is 37.9. The van der Waals surface area contributed by atoms with Crippen molar-refractivity contribution in [2.24, 2.45) is 11.7 Å². The van der Waals surface area contributed by atoms with Crippen LogP contribution in [0.15, 0.2) is 0 Å². The minimum Gasteiger partial charge on any atom is -0.393 e. The Morgan fingerprint density at radius 3 is 2.12 bits per heavy atom. The van der Waals surface area contributed by atoms with Gasteiger partial charge < -0.3 is 10.8 Å². The molecule has 1 rings (SSSR count). The molecule has 1 saturated carbocycles. The highest BCUT2D eigenvalue weighted by molar-refractivity contribution is 5.85.